The van der Waals surface area contributed by atoms with Crippen molar-refractivity contribution in [2.24, 2.45) is 0 Å². The summed E-state index contributed by atoms with van der Waals surface area (Å²) < 4.78 is 39.1. The quantitative estimate of drug-likeness (QED) is 0.697. The molecule has 0 amide bonds. The Balaban J connectivity index is 2.20. The predicted molar refractivity (Wildman–Crippen MR) is 33.1 cm³/mol. The van der Waals surface area contributed by atoms with Crippen LogP contribution in [0.5, 0.6) is 0 Å². The first kappa shape index (κ1) is 9.05. The Hall–Kier alpha value is -1.04. The van der Waals surface area contributed by atoms with Crippen molar-refractivity contribution in [1.29, 1.82) is 0 Å². The van der Waals surface area contributed by atoms with Crippen LogP contribution in [0.15, 0.2) is 12.3 Å². The summed E-state index contributed by atoms with van der Waals surface area (Å²) in [5.74, 6) is 0. The van der Waals surface area contributed by atoms with Gasteiger partial charge in [-0.05, 0) is 6.07 Å². The Morgan fingerprint density at radius 3 is 2.75 bits per heavy atom. The highest BCUT2D eigenvalue weighted by molar-refractivity contribution is 4.75. The van der Waals surface area contributed by atoms with Gasteiger partial charge in [0.15, 0.2) is 0 Å². The predicted octanol–water partition coefficient (Wildman–Crippen LogP) is 1.22. The molecule has 0 spiro atoms. The van der Waals surface area contributed by atoms with Gasteiger partial charge in [0.05, 0.1) is 13.2 Å². The third kappa shape index (κ3) is 3.38. The fourth-order valence-corrected chi connectivity index (χ4v) is 0.640. The van der Waals surface area contributed by atoms with Crippen molar-refractivity contribution in [3.63, 3.8) is 0 Å². The van der Waals surface area contributed by atoms with E-state index >= 15 is 0 Å². The van der Waals surface area contributed by atoms with E-state index in [4.69, 9.17) is 0 Å². The zero-order valence-corrected chi connectivity index (χ0v) is 6.01. The number of hydrogen-bond donors (Lipinski definition) is 0. The molecule has 0 aromatic carbocycles. The van der Waals surface area contributed by atoms with Gasteiger partial charge in [0, 0.05) is 6.20 Å². The van der Waals surface area contributed by atoms with Gasteiger partial charge >= 0.3 is 6.36 Å². The van der Waals surface area contributed by atoms with Gasteiger partial charge in [-0.25, -0.2) is 0 Å². The van der Waals surface area contributed by atoms with E-state index in [1.54, 1.807) is 0 Å². The largest absolute Gasteiger partial charge is 0.522 e. The lowest BCUT2D eigenvalue weighted by Crippen LogP contribution is -2.17. The van der Waals surface area contributed by atoms with Crippen LogP contribution in [0.3, 0.4) is 0 Å². The van der Waals surface area contributed by atoms with Crippen LogP contribution >= 0.6 is 0 Å². The van der Waals surface area contributed by atoms with E-state index in [0.29, 0.717) is 0 Å². The maximum absolute atomic E-state index is 11.4. The van der Waals surface area contributed by atoms with Gasteiger partial charge in [-0.2, -0.15) is 5.10 Å². The Bertz CT molecular complexity index is 219. The first-order valence-electron chi connectivity index (χ1n) is 3.18. The van der Waals surface area contributed by atoms with Crippen molar-refractivity contribution >= 4 is 0 Å². The average molecular weight is 179 g/mol. The molecule has 1 radical (unpaired) electrons. The Kier molecular flexibility index (Phi) is 2.69. The van der Waals surface area contributed by atoms with Crippen molar-refractivity contribution in [1.82, 2.24) is 9.78 Å². The molecule has 1 aromatic heterocycles. The molecule has 3 nitrogen and oxygen atoms in total. The molecule has 0 aliphatic heterocycles. The molecule has 12 heavy (non-hydrogen) atoms. The summed E-state index contributed by atoms with van der Waals surface area (Å²) in [6.45, 7) is -0.359. The summed E-state index contributed by atoms with van der Waals surface area (Å²) >= 11 is 0. The molecular formula is C6H6F3N2O. The van der Waals surface area contributed by atoms with E-state index in [-0.39, 0.29) is 6.54 Å². The molecule has 0 bridgehead atoms. The molecule has 0 N–H and O–H groups in total. The molecule has 0 unspecified atom stereocenters. The smallest absolute Gasteiger partial charge is 0.290 e. The minimum Gasteiger partial charge on any atom is -0.290 e. The Morgan fingerprint density at radius 1 is 1.50 bits per heavy atom. The second-order valence-electron chi connectivity index (χ2n) is 2.00. The summed E-state index contributed by atoms with van der Waals surface area (Å²) in [5.41, 5.74) is 0. The van der Waals surface area contributed by atoms with E-state index in [2.05, 4.69) is 16.0 Å². The van der Waals surface area contributed by atoms with E-state index < -0.39 is 13.0 Å². The maximum atomic E-state index is 11.4. The highest BCUT2D eigenvalue weighted by atomic mass is 19.4. The van der Waals surface area contributed by atoms with Crippen LogP contribution in [-0.4, -0.2) is 22.7 Å². The lowest BCUT2D eigenvalue weighted by molar-refractivity contribution is -0.325. The van der Waals surface area contributed by atoms with Crippen LogP contribution in [0.1, 0.15) is 0 Å². The second kappa shape index (κ2) is 3.57. The number of aromatic nitrogens is 2. The molecule has 0 aliphatic rings. The van der Waals surface area contributed by atoms with E-state index in [1.165, 1.54) is 16.9 Å². The van der Waals surface area contributed by atoms with Crippen molar-refractivity contribution in [3.05, 3.63) is 18.5 Å². The van der Waals surface area contributed by atoms with Crippen molar-refractivity contribution < 1.29 is 17.9 Å². The van der Waals surface area contributed by atoms with Crippen LogP contribution in [-0.2, 0) is 11.3 Å². The SMILES string of the molecule is FC(F)(F)OCCn1cc[c]n1. The van der Waals surface area contributed by atoms with Crippen molar-refractivity contribution in [3.8, 4) is 0 Å². The third-order valence-corrected chi connectivity index (χ3v) is 1.09. The lowest BCUT2D eigenvalue weighted by atomic mass is 10.7. The molecule has 6 heteroatoms. The normalized spacial score (nSPS) is 11.9. The molecule has 0 atom stereocenters. The monoisotopic (exact) mass is 179 g/mol. The fraction of sp³-hybridized carbons (Fsp3) is 0.500. The highest BCUT2D eigenvalue weighted by Gasteiger charge is 2.28. The molecule has 0 saturated heterocycles. The minimum atomic E-state index is -4.56. The molecule has 0 fully saturated rings. The lowest BCUT2D eigenvalue weighted by Gasteiger charge is -2.06. The number of ether oxygens (including phenoxy) is 1. The van der Waals surface area contributed by atoms with Gasteiger partial charge < -0.3 is 0 Å². The third-order valence-electron chi connectivity index (χ3n) is 1.09. The maximum Gasteiger partial charge on any atom is 0.522 e. The van der Waals surface area contributed by atoms with Crippen LogP contribution < -0.4 is 0 Å². The van der Waals surface area contributed by atoms with Gasteiger partial charge in [-0.3, -0.25) is 9.42 Å². The summed E-state index contributed by atoms with van der Waals surface area (Å²) in [6.07, 6.45) is -0.592. The molecule has 67 valence electrons. The molecule has 1 heterocycles. The average Bonchev–Trinajstić information content (AvgIpc) is 2.36. The molecule has 0 saturated carbocycles. The summed E-state index contributed by atoms with van der Waals surface area (Å²) in [6, 6.07) is 1.51. The summed E-state index contributed by atoms with van der Waals surface area (Å²) in [7, 11) is 0. The zero-order chi connectivity index (χ0) is 9.03. The Morgan fingerprint density at radius 2 is 2.25 bits per heavy atom. The topological polar surface area (TPSA) is 27.1 Å². The first-order valence-corrected chi connectivity index (χ1v) is 3.18. The fourth-order valence-electron chi connectivity index (χ4n) is 0.640. The van der Waals surface area contributed by atoms with Gasteiger partial charge in [0.1, 0.15) is 6.20 Å². The van der Waals surface area contributed by atoms with Crippen LogP contribution in [0.4, 0.5) is 13.2 Å². The van der Waals surface area contributed by atoms with Gasteiger partial charge in [-0.1, -0.05) is 0 Å². The van der Waals surface area contributed by atoms with Gasteiger partial charge in [0.25, 0.3) is 0 Å². The second-order valence-corrected chi connectivity index (χ2v) is 2.00. The van der Waals surface area contributed by atoms with Crippen molar-refractivity contribution in [2.45, 2.75) is 12.9 Å². The summed E-state index contributed by atoms with van der Waals surface area (Å²) in [5, 5.41) is 3.58. The molecule has 1 rings (SSSR count). The summed E-state index contributed by atoms with van der Waals surface area (Å²) in [4.78, 5) is 0. The minimum absolute atomic E-state index is 0.0724. The molecular weight excluding hydrogens is 173 g/mol. The zero-order valence-electron chi connectivity index (χ0n) is 6.01. The van der Waals surface area contributed by atoms with Crippen LogP contribution in [0, 0.1) is 6.20 Å². The first-order chi connectivity index (χ1) is 5.58. The van der Waals surface area contributed by atoms with Crippen LogP contribution in [0.25, 0.3) is 0 Å². The molecule has 1 aromatic rings. The number of hydrogen-bond acceptors (Lipinski definition) is 2. The Labute approximate surface area is 66.7 Å². The molecule has 0 aliphatic carbocycles. The van der Waals surface area contributed by atoms with E-state index in [0.717, 1.165) is 0 Å². The van der Waals surface area contributed by atoms with Crippen LogP contribution in [0.2, 0.25) is 0 Å². The van der Waals surface area contributed by atoms with Gasteiger partial charge in [-0.15, -0.1) is 13.2 Å². The number of rotatable bonds is 3. The van der Waals surface area contributed by atoms with Crippen molar-refractivity contribution in [2.75, 3.05) is 6.61 Å². The van der Waals surface area contributed by atoms with E-state index in [9.17, 15) is 13.2 Å². The van der Waals surface area contributed by atoms with Gasteiger partial charge in [0.2, 0.25) is 0 Å². The number of nitrogens with zero attached hydrogens (tertiary/aromatic N) is 2. The number of alkyl halides is 3. The van der Waals surface area contributed by atoms with E-state index in [1.807, 2.05) is 0 Å². The standard InChI is InChI=1S/C6H6F3N2O/c7-6(8,9)12-5-4-11-3-1-2-10-11/h1,3H,4-5H2. The number of halogens is 3. The highest BCUT2D eigenvalue weighted by Crippen LogP contribution is 2.15.